The van der Waals surface area contributed by atoms with Gasteiger partial charge < -0.3 is 9.84 Å². The van der Waals surface area contributed by atoms with Crippen molar-refractivity contribution in [3.8, 4) is 0 Å². The fraction of sp³-hybridized carbons (Fsp3) is 0.800. The van der Waals surface area contributed by atoms with E-state index in [4.69, 9.17) is 6.48 Å². The Labute approximate surface area is 49.7 Å². The quantitative estimate of drug-likeness (QED) is 0.530. The van der Waals surface area contributed by atoms with Gasteiger partial charge in [-0.1, -0.05) is 6.92 Å². The molecule has 0 saturated carbocycles. The molecule has 0 rings (SSSR count). The average molecular weight is 120 g/mol. The molecule has 0 aliphatic carbocycles. The van der Waals surface area contributed by atoms with Gasteiger partial charge in [-0.05, 0) is 0 Å². The van der Waals surface area contributed by atoms with E-state index in [-0.39, 0.29) is 13.2 Å². The van der Waals surface area contributed by atoms with Crippen molar-refractivity contribution in [2.24, 2.45) is 0 Å². The van der Waals surface area contributed by atoms with E-state index in [0.29, 0.717) is 0 Å². The molecule has 0 saturated heterocycles. The first kappa shape index (κ1) is 5.56. The maximum Gasteiger partial charge on any atom is 0.305 e. The fourth-order valence-electron chi connectivity index (χ4n) is 0.230. The summed E-state index contributed by atoms with van der Waals surface area (Å²) in [5, 5.41) is 8.16. The Morgan fingerprint density at radius 1 is 2.00 bits per heavy atom. The molecule has 0 aromatic heterocycles. The lowest BCUT2D eigenvalue weighted by atomic mass is 10.5. The van der Waals surface area contributed by atoms with E-state index in [2.05, 4.69) is 4.74 Å². The number of hydrogen-bond donors (Lipinski definition) is 1. The lowest BCUT2D eigenvalue weighted by Crippen LogP contribution is -2.06. The van der Waals surface area contributed by atoms with Crippen molar-refractivity contribution in [1.82, 2.24) is 0 Å². The monoisotopic (exact) mass is 120 g/mol. The van der Waals surface area contributed by atoms with Crippen LogP contribution in [-0.2, 0) is 9.53 Å². The van der Waals surface area contributed by atoms with E-state index in [1.165, 1.54) is 6.92 Å². The molecule has 0 aromatic carbocycles. The summed E-state index contributed by atoms with van der Waals surface area (Å²) in [4.78, 5) is 10.4. The van der Waals surface area contributed by atoms with Crippen LogP contribution in [0.2, 0.25) is 0 Å². The smallest absolute Gasteiger partial charge is 0.305 e. The first-order valence-corrected chi connectivity index (χ1v) is 2.38. The Hall–Kier alpha value is -0.570. The van der Waals surface area contributed by atoms with Crippen LogP contribution >= 0.6 is 0 Å². The van der Waals surface area contributed by atoms with Crippen molar-refractivity contribution in [2.45, 2.75) is 13.3 Å². The third-order valence-electron chi connectivity index (χ3n) is 0.571. The summed E-state index contributed by atoms with van der Waals surface area (Å²) < 4.78 is 11.2. The van der Waals surface area contributed by atoms with Crippen LogP contribution in [0.4, 0.5) is 0 Å². The number of esters is 1. The van der Waals surface area contributed by atoms with Gasteiger partial charge in [0.1, 0.15) is 6.61 Å². The molecule has 0 aliphatic rings. The SMILES string of the molecule is [3H]C(C)C(=O)OCCO. The van der Waals surface area contributed by atoms with Gasteiger partial charge in [-0.2, -0.15) is 0 Å². The highest BCUT2D eigenvalue weighted by Gasteiger charge is 1.93. The molecule has 0 radical (unpaired) electrons. The van der Waals surface area contributed by atoms with Crippen LogP contribution in [0.3, 0.4) is 0 Å². The first-order valence-electron chi connectivity index (χ1n) is 2.96. The summed E-state index contributed by atoms with van der Waals surface area (Å²) >= 11 is 0. The van der Waals surface area contributed by atoms with E-state index in [9.17, 15) is 4.79 Å². The zero-order valence-electron chi connectivity index (χ0n) is 5.76. The number of carbonyl (C=O) groups is 1. The third-order valence-corrected chi connectivity index (χ3v) is 0.571. The number of carbonyl (C=O) groups excluding carboxylic acids is 1. The van der Waals surface area contributed by atoms with Crippen molar-refractivity contribution in [1.29, 1.82) is 0 Å². The lowest BCUT2D eigenvalue weighted by molar-refractivity contribution is -0.144. The van der Waals surface area contributed by atoms with Crippen molar-refractivity contribution in [3.05, 3.63) is 0 Å². The van der Waals surface area contributed by atoms with E-state index >= 15 is 0 Å². The van der Waals surface area contributed by atoms with Crippen LogP contribution in [0, 0.1) is 0 Å². The molecule has 3 heteroatoms. The fourth-order valence-corrected chi connectivity index (χ4v) is 0.230. The van der Waals surface area contributed by atoms with Gasteiger partial charge in [0.2, 0.25) is 0 Å². The van der Waals surface area contributed by atoms with Crippen molar-refractivity contribution >= 4 is 5.97 Å². The summed E-state index contributed by atoms with van der Waals surface area (Å²) in [6.45, 7) is 1.22. The molecule has 0 heterocycles. The van der Waals surface area contributed by atoms with Gasteiger partial charge in [0.15, 0.2) is 0 Å². The first-order chi connectivity index (χ1) is 4.18. The predicted molar refractivity (Wildman–Crippen MR) is 28.3 cm³/mol. The van der Waals surface area contributed by atoms with Gasteiger partial charge in [0, 0.05) is 7.77 Å². The van der Waals surface area contributed by atoms with Crippen molar-refractivity contribution in [3.63, 3.8) is 0 Å². The maximum absolute atomic E-state index is 10.4. The highest BCUT2D eigenvalue weighted by Crippen LogP contribution is 1.81. The molecule has 0 aromatic rings. The van der Waals surface area contributed by atoms with Crippen LogP contribution in [-0.4, -0.2) is 24.3 Å². The van der Waals surface area contributed by atoms with Crippen LogP contribution < -0.4 is 0 Å². The van der Waals surface area contributed by atoms with Crippen LogP contribution in [0.1, 0.15) is 14.7 Å². The lowest BCUT2D eigenvalue weighted by Gasteiger charge is -1.96. The van der Waals surface area contributed by atoms with Crippen molar-refractivity contribution in [2.75, 3.05) is 13.2 Å². The largest absolute Gasteiger partial charge is 0.463 e. The van der Waals surface area contributed by atoms with Crippen molar-refractivity contribution < 1.29 is 16.0 Å². The molecule has 1 atom stereocenters. The van der Waals surface area contributed by atoms with Crippen LogP contribution in [0.5, 0.6) is 0 Å². The molecule has 1 N–H and O–H groups in total. The summed E-state index contributed by atoms with van der Waals surface area (Å²) in [7, 11) is 0. The minimum absolute atomic E-state index is 0.0119. The summed E-state index contributed by atoms with van der Waals surface area (Å²) in [6, 6.07) is 0. The van der Waals surface area contributed by atoms with E-state index in [1.54, 1.807) is 0 Å². The second kappa shape index (κ2) is 4.59. The van der Waals surface area contributed by atoms with Gasteiger partial charge in [0.05, 0.1) is 6.61 Å². The Kier molecular flexibility index (Phi) is 3.19. The summed E-state index contributed by atoms with van der Waals surface area (Å²) in [5.41, 5.74) is 0. The Balaban J connectivity index is 3.28. The molecule has 1 unspecified atom stereocenters. The van der Waals surface area contributed by atoms with Gasteiger partial charge in [-0.15, -0.1) is 0 Å². The number of aliphatic hydroxyl groups is 1. The standard InChI is InChI=1S/C5H10O3/c1-2-5(7)8-4-3-6/h6H,2-4H2,1H3/i2T. The van der Waals surface area contributed by atoms with Gasteiger partial charge in [0.25, 0.3) is 0 Å². The third kappa shape index (κ3) is 3.61. The minimum Gasteiger partial charge on any atom is -0.463 e. The van der Waals surface area contributed by atoms with E-state index < -0.39 is 12.4 Å². The minimum atomic E-state index is -0.850. The number of hydrogen-bond acceptors (Lipinski definition) is 3. The molecular weight excluding hydrogens is 108 g/mol. The molecule has 0 spiro atoms. The molecule has 0 amide bonds. The Morgan fingerprint density at radius 2 is 2.62 bits per heavy atom. The molecule has 0 aliphatic heterocycles. The Morgan fingerprint density at radius 3 is 3.00 bits per heavy atom. The topological polar surface area (TPSA) is 46.5 Å². The highest BCUT2D eigenvalue weighted by molar-refractivity contribution is 5.68. The van der Waals surface area contributed by atoms with E-state index in [1.807, 2.05) is 0 Å². The van der Waals surface area contributed by atoms with Gasteiger partial charge >= 0.3 is 5.97 Å². The second-order valence-electron chi connectivity index (χ2n) is 1.18. The average Bonchev–Trinajstić information content (AvgIpc) is 1.82. The predicted octanol–water partition coefficient (Wildman–Crippen LogP) is -0.0681. The second-order valence-corrected chi connectivity index (χ2v) is 1.18. The Bertz CT molecular complexity index is 92.2. The normalized spacial score (nSPS) is 14.5. The number of rotatable bonds is 3. The van der Waals surface area contributed by atoms with Crippen LogP contribution in [0.25, 0.3) is 0 Å². The van der Waals surface area contributed by atoms with Gasteiger partial charge in [-0.25, -0.2) is 0 Å². The zero-order valence-corrected chi connectivity index (χ0v) is 4.76. The number of ether oxygens (including phenoxy) is 1. The molecule has 0 bridgehead atoms. The maximum atomic E-state index is 10.4. The molecule has 3 nitrogen and oxygen atoms in total. The molecule has 48 valence electrons. The molecule has 0 fully saturated rings. The molecule has 8 heavy (non-hydrogen) atoms. The summed E-state index contributed by atoms with van der Waals surface area (Å²) in [5.74, 6) is -0.593. The molecular formula is C5H10O3. The highest BCUT2D eigenvalue weighted by atomic mass is 16.5. The zero-order chi connectivity index (χ0) is 7.28. The van der Waals surface area contributed by atoms with Crippen LogP contribution in [0.15, 0.2) is 0 Å². The van der Waals surface area contributed by atoms with E-state index in [0.717, 1.165) is 0 Å². The summed E-state index contributed by atoms with van der Waals surface area (Å²) in [6.07, 6.45) is -0.850. The van der Waals surface area contributed by atoms with Gasteiger partial charge in [-0.3, -0.25) is 4.79 Å². The number of aliphatic hydroxyl groups excluding tert-OH is 1.